The predicted molar refractivity (Wildman–Crippen MR) is 106 cm³/mol. The lowest BCUT2D eigenvalue weighted by Gasteiger charge is -2.38. The second kappa shape index (κ2) is 6.41. The van der Waals surface area contributed by atoms with Crippen molar-refractivity contribution < 1.29 is 19.1 Å². The molecule has 28 heavy (non-hydrogen) atoms. The summed E-state index contributed by atoms with van der Waals surface area (Å²) in [7, 11) is 1.53. The molecule has 2 aromatic carbocycles. The quantitative estimate of drug-likeness (QED) is 0.410. The van der Waals surface area contributed by atoms with Crippen molar-refractivity contribution in [3.05, 3.63) is 62.1 Å². The van der Waals surface area contributed by atoms with Gasteiger partial charge in [-0.1, -0.05) is 28.1 Å². The van der Waals surface area contributed by atoms with Crippen molar-refractivity contribution in [2.75, 3.05) is 19.2 Å². The molecule has 144 valence electrons. The third-order valence-corrected chi connectivity index (χ3v) is 6.36. The molecule has 0 amide bonds. The highest BCUT2D eigenvalue weighted by Crippen LogP contribution is 2.55. The lowest BCUT2D eigenvalue weighted by Crippen LogP contribution is -2.29. The summed E-state index contributed by atoms with van der Waals surface area (Å²) in [6.07, 6.45) is 5.17. The van der Waals surface area contributed by atoms with Gasteiger partial charge in [-0.3, -0.25) is 10.1 Å². The average Bonchev–Trinajstić information content (AvgIpc) is 3.35. The summed E-state index contributed by atoms with van der Waals surface area (Å²) in [5.74, 6) is 2.23. The minimum absolute atomic E-state index is 0.00766. The van der Waals surface area contributed by atoms with Gasteiger partial charge in [-0.15, -0.1) is 0 Å². The molecular weight excluding hydrogens is 428 g/mol. The van der Waals surface area contributed by atoms with Crippen molar-refractivity contribution in [1.29, 1.82) is 0 Å². The Morgan fingerprint density at radius 2 is 2.00 bits per heavy atom. The Balaban J connectivity index is 1.64. The van der Waals surface area contributed by atoms with Crippen molar-refractivity contribution in [2.45, 2.75) is 18.4 Å². The molecule has 3 aliphatic rings. The summed E-state index contributed by atoms with van der Waals surface area (Å²) < 4.78 is 17.5. The van der Waals surface area contributed by atoms with Gasteiger partial charge in [-0.2, -0.15) is 0 Å². The molecule has 3 unspecified atom stereocenters. The number of anilines is 1. The van der Waals surface area contributed by atoms with Crippen LogP contribution in [0, 0.1) is 16.0 Å². The SMILES string of the molecule is COc1cc([N+](=O)[O-])cc2c1NC(c1cc3c(cc1Br)OCO3)C1CC=CC21. The number of halogens is 1. The van der Waals surface area contributed by atoms with Gasteiger partial charge in [0.1, 0.15) is 5.75 Å². The first-order valence-electron chi connectivity index (χ1n) is 8.95. The molecule has 0 fully saturated rings. The maximum Gasteiger partial charge on any atom is 0.273 e. The number of nitrogens with zero attached hydrogens (tertiary/aromatic N) is 1. The zero-order valence-corrected chi connectivity index (χ0v) is 16.6. The second-order valence-corrected chi connectivity index (χ2v) is 7.93. The summed E-state index contributed by atoms with van der Waals surface area (Å²) in [4.78, 5) is 11.0. The van der Waals surface area contributed by atoms with Crippen LogP contribution < -0.4 is 19.5 Å². The number of nitro groups is 1. The number of rotatable bonds is 3. The molecule has 2 aromatic rings. The van der Waals surface area contributed by atoms with E-state index in [1.54, 1.807) is 6.07 Å². The largest absolute Gasteiger partial charge is 0.494 e. The molecule has 0 bridgehead atoms. The van der Waals surface area contributed by atoms with Crippen LogP contribution in [0.3, 0.4) is 0 Å². The van der Waals surface area contributed by atoms with Crippen LogP contribution in [0.25, 0.3) is 0 Å². The maximum atomic E-state index is 11.4. The molecule has 0 saturated heterocycles. The maximum absolute atomic E-state index is 11.4. The van der Waals surface area contributed by atoms with Gasteiger partial charge >= 0.3 is 0 Å². The Bertz CT molecular complexity index is 1020. The van der Waals surface area contributed by atoms with Gasteiger partial charge in [-0.25, -0.2) is 0 Å². The van der Waals surface area contributed by atoms with E-state index in [0.29, 0.717) is 5.75 Å². The summed E-state index contributed by atoms with van der Waals surface area (Å²) >= 11 is 3.67. The van der Waals surface area contributed by atoms with E-state index in [1.165, 1.54) is 13.2 Å². The van der Waals surface area contributed by atoms with E-state index in [4.69, 9.17) is 14.2 Å². The van der Waals surface area contributed by atoms with Crippen LogP contribution in [-0.4, -0.2) is 18.8 Å². The third-order valence-electron chi connectivity index (χ3n) is 5.68. The number of ether oxygens (including phenoxy) is 3. The van der Waals surface area contributed by atoms with Gasteiger partial charge in [0.25, 0.3) is 5.69 Å². The van der Waals surface area contributed by atoms with Crippen molar-refractivity contribution in [3.63, 3.8) is 0 Å². The Kier molecular flexibility index (Phi) is 3.97. The number of hydrogen-bond acceptors (Lipinski definition) is 6. The topological polar surface area (TPSA) is 82.9 Å². The van der Waals surface area contributed by atoms with Gasteiger partial charge in [0.05, 0.1) is 29.8 Å². The van der Waals surface area contributed by atoms with Gasteiger partial charge in [0.2, 0.25) is 6.79 Å². The molecule has 0 aromatic heterocycles. The zero-order valence-electron chi connectivity index (χ0n) is 15.0. The first kappa shape index (κ1) is 17.4. The van der Waals surface area contributed by atoms with E-state index in [0.717, 1.165) is 39.2 Å². The van der Waals surface area contributed by atoms with Crippen LogP contribution in [0.15, 0.2) is 40.9 Å². The fraction of sp³-hybridized carbons (Fsp3) is 0.300. The molecule has 1 aliphatic carbocycles. The van der Waals surface area contributed by atoms with Crippen molar-refractivity contribution in [2.24, 2.45) is 5.92 Å². The average molecular weight is 445 g/mol. The summed E-state index contributed by atoms with van der Waals surface area (Å²) in [5, 5.41) is 15.0. The zero-order chi connectivity index (χ0) is 19.4. The van der Waals surface area contributed by atoms with Crippen LogP contribution in [0.5, 0.6) is 17.2 Å². The normalized spacial score (nSPS) is 23.7. The second-order valence-electron chi connectivity index (χ2n) is 7.07. The fourth-order valence-electron chi connectivity index (χ4n) is 4.40. The Morgan fingerprint density at radius 3 is 2.75 bits per heavy atom. The van der Waals surface area contributed by atoms with E-state index >= 15 is 0 Å². The van der Waals surface area contributed by atoms with Crippen molar-refractivity contribution in [3.8, 4) is 17.2 Å². The van der Waals surface area contributed by atoms with E-state index in [9.17, 15) is 10.1 Å². The minimum atomic E-state index is -0.378. The summed E-state index contributed by atoms with van der Waals surface area (Å²) in [5.41, 5.74) is 2.81. The predicted octanol–water partition coefficient (Wildman–Crippen LogP) is 4.92. The molecule has 7 nitrogen and oxygen atoms in total. The third kappa shape index (κ3) is 2.55. The van der Waals surface area contributed by atoms with Gasteiger partial charge in [0.15, 0.2) is 11.5 Å². The highest BCUT2D eigenvalue weighted by Gasteiger charge is 2.41. The van der Waals surface area contributed by atoms with E-state index in [2.05, 4.69) is 33.4 Å². The van der Waals surface area contributed by atoms with E-state index < -0.39 is 0 Å². The van der Waals surface area contributed by atoms with E-state index in [-0.39, 0.29) is 35.3 Å². The standard InChI is InChI=1S/C20H17BrN2O5/c1-26-18-6-10(23(24)25)5-13-11-3-2-4-12(11)19(22-20(13)18)14-7-16-17(8-15(14)21)28-9-27-16/h2-3,5-8,11-12,19,22H,4,9H2,1H3. The highest BCUT2D eigenvalue weighted by molar-refractivity contribution is 9.10. The number of benzene rings is 2. The van der Waals surface area contributed by atoms with Crippen LogP contribution >= 0.6 is 15.9 Å². The molecule has 2 heterocycles. The smallest absolute Gasteiger partial charge is 0.273 e. The number of methoxy groups -OCH3 is 1. The summed E-state index contributed by atoms with van der Waals surface area (Å²) in [6, 6.07) is 7.05. The van der Waals surface area contributed by atoms with Crippen LogP contribution in [-0.2, 0) is 0 Å². The molecule has 5 rings (SSSR count). The molecule has 1 N–H and O–H groups in total. The van der Waals surface area contributed by atoms with E-state index in [1.807, 2.05) is 12.1 Å². The number of hydrogen-bond donors (Lipinski definition) is 1. The van der Waals surface area contributed by atoms with Crippen LogP contribution in [0.4, 0.5) is 11.4 Å². The first-order chi connectivity index (χ1) is 13.6. The Labute approximate surface area is 169 Å². The van der Waals surface area contributed by atoms with Crippen molar-refractivity contribution >= 4 is 27.3 Å². The van der Waals surface area contributed by atoms with Gasteiger partial charge in [-0.05, 0) is 35.6 Å². The molecule has 8 heteroatoms. The molecule has 3 atom stereocenters. The van der Waals surface area contributed by atoms with Crippen molar-refractivity contribution in [1.82, 2.24) is 0 Å². The minimum Gasteiger partial charge on any atom is -0.494 e. The number of allylic oxidation sites excluding steroid dienone is 2. The Hall–Kier alpha value is -2.74. The monoisotopic (exact) mass is 444 g/mol. The lowest BCUT2D eigenvalue weighted by atomic mass is 9.76. The number of non-ortho nitro benzene ring substituents is 1. The highest BCUT2D eigenvalue weighted by atomic mass is 79.9. The Morgan fingerprint density at radius 1 is 1.21 bits per heavy atom. The lowest BCUT2D eigenvalue weighted by molar-refractivity contribution is -0.385. The molecular formula is C20H17BrN2O5. The van der Waals surface area contributed by atoms with Crippen LogP contribution in [0.2, 0.25) is 0 Å². The first-order valence-corrected chi connectivity index (χ1v) is 9.74. The number of nitrogens with one attached hydrogen (secondary N) is 1. The molecule has 2 aliphatic heterocycles. The van der Waals surface area contributed by atoms with Gasteiger partial charge in [0, 0.05) is 16.5 Å². The molecule has 0 saturated carbocycles. The number of nitro benzene ring substituents is 1. The fourth-order valence-corrected chi connectivity index (χ4v) is 4.97. The summed E-state index contributed by atoms with van der Waals surface area (Å²) in [6.45, 7) is 0.219. The molecule has 0 spiro atoms. The van der Waals surface area contributed by atoms with Gasteiger partial charge < -0.3 is 19.5 Å². The molecule has 0 radical (unpaired) electrons. The van der Waals surface area contributed by atoms with Crippen LogP contribution in [0.1, 0.15) is 29.5 Å². The number of fused-ring (bicyclic) bond motifs is 4.